The molecule has 2 N–H and O–H groups in total. The molecule has 2 aromatic carbocycles. The highest BCUT2D eigenvalue weighted by atomic mass is 32.2. The van der Waals surface area contributed by atoms with Gasteiger partial charge >= 0.3 is 0 Å². The van der Waals surface area contributed by atoms with E-state index in [-0.39, 0.29) is 11.3 Å². The Morgan fingerprint density at radius 3 is 2.47 bits per heavy atom. The van der Waals surface area contributed by atoms with Crippen LogP contribution in [0.1, 0.15) is 11.1 Å². The molecule has 0 aliphatic carbocycles. The minimum absolute atomic E-state index is 0.0454. The van der Waals surface area contributed by atoms with Crippen LogP contribution in [0.25, 0.3) is 0 Å². The SMILES string of the molecule is Cc1ccc(N)cc1SCC(F)(F)c1ccccc1. The van der Waals surface area contributed by atoms with E-state index in [4.69, 9.17) is 5.73 Å². The molecule has 0 saturated carbocycles. The summed E-state index contributed by atoms with van der Waals surface area (Å²) >= 11 is 1.13. The van der Waals surface area contributed by atoms with Crippen molar-refractivity contribution in [3.8, 4) is 0 Å². The zero-order valence-electron chi connectivity index (χ0n) is 10.6. The average Bonchev–Trinajstić information content (AvgIpc) is 2.41. The van der Waals surface area contributed by atoms with Crippen molar-refractivity contribution in [1.29, 1.82) is 0 Å². The Morgan fingerprint density at radius 1 is 1.11 bits per heavy atom. The highest BCUT2D eigenvalue weighted by Crippen LogP contribution is 2.35. The molecule has 0 radical (unpaired) electrons. The number of nitrogen functional groups attached to an aromatic ring is 1. The lowest BCUT2D eigenvalue weighted by Crippen LogP contribution is -2.16. The standard InChI is InChI=1S/C15H15F2NS/c1-11-7-8-13(18)9-14(11)19-10-15(16,17)12-5-3-2-4-6-12/h2-9H,10,18H2,1H3. The summed E-state index contributed by atoms with van der Waals surface area (Å²) in [5, 5.41) is 0. The van der Waals surface area contributed by atoms with Crippen molar-refractivity contribution in [3.63, 3.8) is 0 Å². The summed E-state index contributed by atoms with van der Waals surface area (Å²) in [6, 6.07) is 13.2. The predicted molar refractivity (Wildman–Crippen MR) is 76.7 cm³/mol. The van der Waals surface area contributed by atoms with Crippen LogP contribution in [0.15, 0.2) is 53.4 Å². The molecule has 0 bridgehead atoms. The van der Waals surface area contributed by atoms with Crippen LogP contribution in [0.3, 0.4) is 0 Å². The highest BCUT2D eigenvalue weighted by molar-refractivity contribution is 7.99. The largest absolute Gasteiger partial charge is 0.399 e. The lowest BCUT2D eigenvalue weighted by molar-refractivity contribution is 0.0232. The molecule has 1 nitrogen and oxygen atoms in total. The molecule has 0 aliphatic rings. The van der Waals surface area contributed by atoms with Crippen molar-refractivity contribution >= 4 is 17.4 Å². The third kappa shape index (κ3) is 3.47. The zero-order valence-corrected chi connectivity index (χ0v) is 11.4. The van der Waals surface area contributed by atoms with Crippen molar-refractivity contribution < 1.29 is 8.78 Å². The van der Waals surface area contributed by atoms with E-state index in [9.17, 15) is 8.78 Å². The van der Waals surface area contributed by atoms with Crippen molar-refractivity contribution in [3.05, 3.63) is 59.7 Å². The fourth-order valence-electron chi connectivity index (χ4n) is 1.71. The molecular formula is C15H15F2NS. The first-order valence-corrected chi connectivity index (χ1v) is 6.90. The molecular weight excluding hydrogens is 264 g/mol. The smallest absolute Gasteiger partial charge is 0.282 e. The second-order valence-electron chi connectivity index (χ2n) is 4.38. The Labute approximate surface area is 115 Å². The average molecular weight is 279 g/mol. The van der Waals surface area contributed by atoms with E-state index in [0.717, 1.165) is 22.2 Å². The Hall–Kier alpha value is -1.55. The van der Waals surface area contributed by atoms with Crippen LogP contribution in [0.4, 0.5) is 14.5 Å². The molecule has 0 atom stereocenters. The molecule has 0 unspecified atom stereocenters. The van der Waals surface area contributed by atoms with Crippen molar-refractivity contribution in [2.45, 2.75) is 17.7 Å². The van der Waals surface area contributed by atoms with E-state index >= 15 is 0 Å². The first-order valence-electron chi connectivity index (χ1n) is 5.91. The van der Waals surface area contributed by atoms with Crippen molar-refractivity contribution in [1.82, 2.24) is 0 Å². The van der Waals surface area contributed by atoms with E-state index in [1.807, 2.05) is 13.0 Å². The number of halogens is 2. The number of hydrogen-bond acceptors (Lipinski definition) is 2. The molecule has 0 fully saturated rings. The number of benzene rings is 2. The normalized spacial score (nSPS) is 11.5. The topological polar surface area (TPSA) is 26.0 Å². The summed E-state index contributed by atoms with van der Waals surface area (Å²) in [5.74, 6) is -3.13. The summed E-state index contributed by atoms with van der Waals surface area (Å²) in [6.07, 6.45) is 0. The third-order valence-electron chi connectivity index (χ3n) is 2.82. The Bertz CT molecular complexity index is 555. The van der Waals surface area contributed by atoms with Crippen LogP contribution in [0.5, 0.6) is 0 Å². The molecule has 4 heteroatoms. The van der Waals surface area contributed by atoms with E-state index in [0.29, 0.717) is 5.69 Å². The number of alkyl halides is 2. The lowest BCUT2D eigenvalue weighted by Gasteiger charge is -2.17. The molecule has 0 heterocycles. The summed E-state index contributed by atoms with van der Waals surface area (Å²) in [5.41, 5.74) is 7.28. The van der Waals surface area contributed by atoms with Gasteiger partial charge in [0.1, 0.15) is 0 Å². The molecule has 19 heavy (non-hydrogen) atoms. The van der Waals surface area contributed by atoms with Gasteiger partial charge in [-0.25, -0.2) is 8.78 Å². The van der Waals surface area contributed by atoms with Crippen molar-refractivity contribution in [2.24, 2.45) is 0 Å². The molecule has 100 valence electrons. The van der Waals surface area contributed by atoms with E-state index in [1.165, 1.54) is 12.1 Å². The second kappa shape index (κ2) is 5.61. The van der Waals surface area contributed by atoms with Gasteiger partial charge in [0, 0.05) is 16.1 Å². The lowest BCUT2D eigenvalue weighted by atomic mass is 10.1. The van der Waals surface area contributed by atoms with Gasteiger partial charge in [-0.15, -0.1) is 11.8 Å². The van der Waals surface area contributed by atoms with E-state index < -0.39 is 5.92 Å². The molecule has 2 aromatic rings. The summed E-state index contributed by atoms with van der Waals surface area (Å²) in [4.78, 5) is 0.801. The summed E-state index contributed by atoms with van der Waals surface area (Å²) in [7, 11) is 0. The monoisotopic (exact) mass is 279 g/mol. The third-order valence-corrected chi connectivity index (χ3v) is 4.08. The first kappa shape index (κ1) is 13.9. The number of nitrogens with two attached hydrogens (primary N) is 1. The first-order chi connectivity index (χ1) is 8.99. The van der Waals surface area contributed by atoms with Gasteiger partial charge in [-0.2, -0.15) is 0 Å². The number of aryl methyl sites for hydroxylation is 1. The number of anilines is 1. The van der Waals surface area contributed by atoms with E-state index in [1.54, 1.807) is 30.3 Å². The number of rotatable bonds is 4. The maximum atomic E-state index is 14.0. The second-order valence-corrected chi connectivity index (χ2v) is 5.40. The maximum Gasteiger partial charge on any atom is 0.282 e. The van der Waals surface area contributed by atoms with Crippen LogP contribution in [-0.4, -0.2) is 5.75 Å². The minimum atomic E-state index is -2.84. The molecule has 0 aromatic heterocycles. The Kier molecular flexibility index (Phi) is 4.10. The summed E-state index contributed by atoms with van der Waals surface area (Å²) < 4.78 is 28.0. The van der Waals surface area contributed by atoms with Crippen LogP contribution in [0.2, 0.25) is 0 Å². The van der Waals surface area contributed by atoms with Crippen molar-refractivity contribution in [2.75, 3.05) is 11.5 Å². The van der Waals surface area contributed by atoms with Gasteiger partial charge in [0.2, 0.25) is 0 Å². The molecule has 0 amide bonds. The van der Waals surface area contributed by atoms with Crippen LogP contribution >= 0.6 is 11.8 Å². The Morgan fingerprint density at radius 2 is 1.79 bits per heavy atom. The fraction of sp³-hybridized carbons (Fsp3) is 0.200. The Balaban J connectivity index is 2.12. The van der Waals surface area contributed by atoms with Gasteiger partial charge in [-0.3, -0.25) is 0 Å². The quantitative estimate of drug-likeness (QED) is 0.660. The highest BCUT2D eigenvalue weighted by Gasteiger charge is 2.31. The summed E-state index contributed by atoms with van der Waals surface area (Å²) in [6.45, 7) is 1.89. The van der Waals surface area contributed by atoms with Crippen LogP contribution in [-0.2, 0) is 5.92 Å². The van der Waals surface area contributed by atoms with Gasteiger partial charge in [0.25, 0.3) is 5.92 Å². The number of thioether (sulfide) groups is 1. The van der Waals surface area contributed by atoms with Gasteiger partial charge in [-0.1, -0.05) is 36.4 Å². The molecule has 2 rings (SSSR count). The number of hydrogen-bond donors (Lipinski definition) is 1. The van der Waals surface area contributed by atoms with Crippen LogP contribution in [0, 0.1) is 6.92 Å². The minimum Gasteiger partial charge on any atom is -0.399 e. The molecule has 0 aliphatic heterocycles. The van der Waals surface area contributed by atoms with Crippen LogP contribution < -0.4 is 5.73 Å². The molecule has 0 spiro atoms. The van der Waals surface area contributed by atoms with E-state index in [2.05, 4.69) is 0 Å². The van der Waals surface area contributed by atoms with Gasteiger partial charge < -0.3 is 5.73 Å². The fourth-order valence-corrected chi connectivity index (χ4v) is 2.72. The predicted octanol–water partition coefficient (Wildman–Crippen LogP) is 4.46. The van der Waals surface area contributed by atoms with Gasteiger partial charge in [0.05, 0.1) is 5.75 Å². The zero-order chi connectivity index (χ0) is 13.9. The van der Waals surface area contributed by atoms with Gasteiger partial charge in [-0.05, 0) is 24.6 Å². The maximum absolute atomic E-state index is 14.0. The van der Waals surface area contributed by atoms with Gasteiger partial charge in [0.15, 0.2) is 0 Å². The molecule has 0 saturated heterocycles.